The third kappa shape index (κ3) is 3.32. The average Bonchev–Trinajstić information content (AvgIpc) is 2.77. The summed E-state index contributed by atoms with van der Waals surface area (Å²) in [4.78, 5) is 15.7. The Labute approximate surface area is 112 Å². The number of carbonyl (C=O) groups is 1. The number of para-hydroxylation sites is 2. The quantitative estimate of drug-likeness (QED) is 0.821. The fourth-order valence-corrected chi connectivity index (χ4v) is 2.17. The molecule has 0 aliphatic heterocycles. The van der Waals surface area contributed by atoms with Gasteiger partial charge in [-0.05, 0) is 18.6 Å². The molecule has 2 aromatic rings. The number of aryl methyl sites for hydroxylation is 1. The van der Waals surface area contributed by atoms with E-state index in [2.05, 4.69) is 10.3 Å². The number of nitrogens with two attached hydrogens (primary N) is 1. The second kappa shape index (κ2) is 5.84. The first-order valence-electron chi connectivity index (χ1n) is 6.53. The van der Waals surface area contributed by atoms with Crippen LogP contribution in [0.1, 0.15) is 20.3 Å². The number of amides is 1. The number of hydrogen-bond donors (Lipinski definition) is 2. The molecule has 1 aromatic heterocycles. The topological polar surface area (TPSA) is 72.9 Å². The van der Waals surface area contributed by atoms with Crippen molar-refractivity contribution in [3.63, 3.8) is 0 Å². The second-order valence-electron chi connectivity index (χ2n) is 4.99. The van der Waals surface area contributed by atoms with Gasteiger partial charge in [0.2, 0.25) is 5.91 Å². The fraction of sp³-hybridized carbons (Fsp3) is 0.429. The van der Waals surface area contributed by atoms with Crippen molar-refractivity contribution in [3.05, 3.63) is 30.6 Å². The van der Waals surface area contributed by atoms with E-state index in [1.165, 1.54) is 0 Å². The van der Waals surface area contributed by atoms with Crippen molar-refractivity contribution in [3.8, 4) is 0 Å². The molecular weight excluding hydrogens is 240 g/mol. The smallest absolute Gasteiger partial charge is 0.234 e. The van der Waals surface area contributed by atoms with E-state index in [4.69, 9.17) is 5.73 Å². The highest BCUT2D eigenvalue weighted by Crippen LogP contribution is 2.12. The lowest BCUT2D eigenvalue weighted by Gasteiger charge is -2.18. The van der Waals surface area contributed by atoms with Crippen molar-refractivity contribution in [1.82, 2.24) is 14.9 Å². The summed E-state index contributed by atoms with van der Waals surface area (Å²) in [5.41, 5.74) is 7.46. The zero-order valence-corrected chi connectivity index (χ0v) is 11.3. The second-order valence-corrected chi connectivity index (χ2v) is 4.99. The first-order chi connectivity index (χ1) is 9.08. The standard InChI is InChI=1S/C14H20N4O/c1-10(2)17-12(14(15)19)7-8-18-9-16-11-5-3-4-6-13(11)18/h3-6,9-10,12,17H,7-8H2,1-2H3,(H2,15,19). The lowest BCUT2D eigenvalue weighted by atomic mass is 10.1. The van der Waals surface area contributed by atoms with Gasteiger partial charge in [-0.25, -0.2) is 4.98 Å². The Morgan fingerprint density at radius 2 is 2.16 bits per heavy atom. The van der Waals surface area contributed by atoms with Crippen molar-refractivity contribution in [2.45, 2.75) is 38.9 Å². The lowest BCUT2D eigenvalue weighted by molar-refractivity contribution is -0.120. The summed E-state index contributed by atoms with van der Waals surface area (Å²) in [7, 11) is 0. The molecule has 5 heteroatoms. The van der Waals surface area contributed by atoms with Crippen molar-refractivity contribution in [2.24, 2.45) is 5.73 Å². The first kappa shape index (κ1) is 13.5. The van der Waals surface area contributed by atoms with E-state index in [1.54, 1.807) is 6.33 Å². The Kier molecular flexibility index (Phi) is 4.16. The molecule has 0 aliphatic carbocycles. The van der Waals surface area contributed by atoms with Crippen LogP contribution in [0.4, 0.5) is 0 Å². The average molecular weight is 260 g/mol. The number of imidazole rings is 1. The Balaban J connectivity index is 2.06. The number of nitrogens with one attached hydrogen (secondary N) is 1. The van der Waals surface area contributed by atoms with Crippen molar-refractivity contribution in [2.75, 3.05) is 0 Å². The van der Waals surface area contributed by atoms with Crippen LogP contribution in [0.15, 0.2) is 30.6 Å². The number of nitrogens with zero attached hydrogens (tertiary/aromatic N) is 2. The molecule has 19 heavy (non-hydrogen) atoms. The Bertz CT molecular complexity index is 561. The van der Waals surface area contributed by atoms with Gasteiger partial charge in [-0.2, -0.15) is 0 Å². The van der Waals surface area contributed by atoms with E-state index in [0.717, 1.165) is 11.0 Å². The van der Waals surface area contributed by atoms with Gasteiger partial charge in [0, 0.05) is 12.6 Å². The summed E-state index contributed by atoms with van der Waals surface area (Å²) in [5.74, 6) is -0.307. The monoisotopic (exact) mass is 260 g/mol. The number of benzene rings is 1. The number of fused-ring (bicyclic) bond motifs is 1. The summed E-state index contributed by atoms with van der Waals surface area (Å²) >= 11 is 0. The molecule has 0 bridgehead atoms. The van der Waals surface area contributed by atoms with E-state index in [0.29, 0.717) is 13.0 Å². The molecule has 0 fully saturated rings. The van der Waals surface area contributed by atoms with Gasteiger partial charge in [0.15, 0.2) is 0 Å². The lowest BCUT2D eigenvalue weighted by Crippen LogP contribution is -2.45. The van der Waals surface area contributed by atoms with Gasteiger partial charge in [0.1, 0.15) is 0 Å². The zero-order valence-electron chi connectivity index (χ0n) is 11.3. The maximum atomic E-state index is 11.4. The van der Waals surface area contributed by atoms with E-state index in [9.17, 15) is 4.79 Å². The minimum absolute atomic E-state index is 0.233. The predicted molar refractivity (Wildman–Crippen MR) is 75.6 cm³/mol. The largest absolute Gasteiger partial charge is 0.368 e. The van der Waals surface area contributed by atoms with E-state index >= 15 is 0 Å². The van der Waals surface area contributed by atoms with Crippen LogP contribution in [0, 0.1) is 0 Å². The molecular formula is C14H20N4O. The van der Waals surface area contributed by atoms with Crippen LogP contribution in [-0.2, 0) is 11.3 Å². The van der Waals surface area contributed by atoms with Gasteiger partial charge < -0.3 is 15.6 Å². The minimum Gasteiger partial charge on any atom is -0.368 e. The van der Waals surface area contributed by atoms with Gasteiger partial charge in [-0.1, -0.05) is 26.0 Å². The summed E-state index contributed by atoms with van der Waals surface area (Å²) < 4.78 is 2.05. The number of carbonyl (C=O) groups excluding carboxylic acids is 1. The van der Waals surface area contributed by atoms with Crippen LogP contribution in [-0.4, -0.2) is 27.5 Å². The van der Waals surface area contributed by atoms with Crippen molar-refractivity contribution in [1.29, 1.82) is 0 Å². The molecule has 1 aromatic carbocycles. The maximum absolute atomic E-state index is 11.4. The Morgan fingerprint density at radius 1 is 1.42 bits per heavy atom. The first-order valence-corrected chi connectivity index (χ1v) is 6.53. The highest BCUT2D eigenvalue weighted by atomic mass is 16.1. The molecule has 2 rings (SSSR count). The van der Waals surface area contributed by atoms with Gasteiger partial charge >= 0.3 is 0 Å². The third-order valence-corrected chi connectivity index (χ3v) is 3.06. The molecule has 3 N–H and O–H groups in total. The molecule has 1 atom stereocenters. The van der Waals surface area contributed by atoms with Crippen LogP contribution in [0.2, 0.25) is 0 Å². The Hall–Kier alpha value is -1.88. The van der Waals surface area contributed by atoms with Gasteiger partial charge in [0.25, 0.3) is 0 Å². The Morgan fingerprint density at radius 3 is 2.84 bits per heavy atom. The van der Waals surface area contributed by atoms with E-state index in [1.807, 2.05) is 42.7 Å². The van der Waals surface area contributed by atoms with Crippen molar-refractivity contribution < 1.29 is 4.79 Å². The summed E-state index contributed by atoms with van der Waals surface area (Å²) in [5, 5.41) is 3.18. The van der Waals surface area contributed by atoms with E-state index in [-0.39, 0.29) is 18.0 Å². The van der Waals surface area contributed by atoms with Gasteiger partial charge in [-0.3, -0.25) is 4.79 Å². The molecule has 0 spiro atoms. The van der Waals surface area contributed by atoms with E-state index < -0.39 is 0 Å². The normalized spacial score (nSPS) is 13.0. The summed E-state index contributed by atoms with van der Waals surface area (Å²) in [6.07, 6.45) is 2.46. The molecule has 0 radical (unpaired) electrons. The van der Waals surface area contributed by atoms with Crippen LogP contribution in [0.5, 0.6) is 0 Å². The summed E-state index contributed by atoms with van der Waals surface area (Å²) in [6, 6.07) is 7.88. The number of rotatable bonds is 6. The highest BCUT2D eigenvalue weighted by molar-refractivity contribution is 5.80. The molecule has 5 nitrogen and oxygen atoms in total. The molecule has 0 saturated heterocycles. The van der Waals surface area contributed by atoms with Crippen molar-refractivity contribution >= 4 is 16.9 Å². The van der Waals surface area contributed by atoms with Crippen LogP contribution in [0.25, 0.3) is 11.0 Å². The molecule has 1 heterocycles. The van der Waals surface area contributed by atoms with Crippen LogP contribution < -0.4 is 11.1 Å². The van der Waals surface area contributed by atoms with Gasteiger partial charge in [0.05, 0.1) is 23.4 Å². The third-order valence-electron chi connectivity index (χ3n) is 3.06. The number of primary amides is 1. The van der Waals surface area contributed by atoms with Crippen LogP contribution >= 0.6 is 0 Å². The molecule has 1 unspecified atom stereocenters. The SMILES string of the molecule is CC(C)NC(CCn1cnc2ccccc21)C(N)=O. The highest BCUT2D eigenvalue weighted by Gasteiger charge is 2.16. The molecule has 0 saturated carbocycles. The summed E-state index contributed by atoms with van der Waals surface area (Å²) in [6.45, 7) is 4.72. The van der Waals surface area contributed by atoms with Crippen LogP contribution in [0.3, 0.4) is 0 Å². The molecule has 0 aliphatic rings. The number of hydrogen-bond acceptors (Lipinski definition) is 3. The molecule has 102 valence electrons. The molecule has 1 amide bonds. The predicted octanol–water partition coefficient (Wildman–Crippen LogP) is 1.28. The van der Waals surface area contributed by atoms with Gasteiger partial charge in [-0.15, -0.1) is 0 Å². The minimum atomic E-state index is -0.307. The zero-order chi connectivity index (χ0) is 13.8. The fourth-order valence-electron chi connectivity index (χ4n) is 2.17. The maximum Gasteiger partial charge on any atom is 0.234 e. The number of aromatic nitrogens is 2.